The molecule has 0 aliphatic carbocycles. The molecule has 0 radical (unpaired) electrons. The van der Waals surface area contributed by atoms with Gasteiger partial charge in [-0.05, 0) is 37.5 Å². The molecule has 1 aromatic rings. The van der Waals surface area contributed by atoms with E-state index in [2.05, 4.69) is 10.0 Å². The van der Waals surface area contributed by atoms with Crippen LogP contribution in [0.1, 0.15) is 24.5 Å². The van der Waals surface area contributed by atoms with Gasteiger partial charge in [0.15, 0.2) is 0 Å². The minimum absolute atomic E-state index is 0.0315. The molecule has 1 aromatic carbocycles. The van der Waals surface area contributed by atoms with Crippen molar-refractivity contribution < 1.29 is 13.2 Å². The number of sulfonamides is 1. The highest BCUT2D eigenvalue weighted by Gasteiger charge is 2.11. The average molecular weight is 284 g/mol. The lowest BCUT2D eigenvalue weighted by atomic mass is 10.1. The van der Waals surface area contributed by atoms with Crippen molar-refractivity contribution in [1.29, 1.82) is 0 Å². The zero-order valence-corrected chi connectivity index (χ0v) is 12.3. The lowest BCUT2D eigenvalue weighted by Gasteiger charge is -2.10. The zero-order chi connectivity index (χ0) is 14.5. The molecule has 0 fully saturated rings. The van der Waals surface area contributed by atoms with Crippen LogP contribution in [-0.2, 0) is 14.8 Å². The third-order valence-corrected chi connectivity index (χ3v) is 4.12. The lowest BCUT2D eigenvalue weighted by molar-refractivity contribution is -0.115. The van der Waals surface area contributed by atoms with Crippen LogP contribution in [0.3, 0.4) is 0 Å². The molecule has 0 saturated heterocycles. The van der Waals surface area contributed by atoms with Crippen molar-refractivity contribution in [3.8, 4) is 0 Å². The number of nitrogens with one attached hydrogen (secondary N) is 2. The van der Waals surface area contributed by atoms with Gasteiger partial charge >= 0.3 is 0 Å². The van der Waals surface area contributed by atoms with Gasteiger partial charge in [0.1, 0.15) is 0 Å². The Bertz CT molecular complexity index is 553. The van der Waals surface area contributed by atoms with E-state index in [0.717, 1.165) is 11.1 Å². The molecule has 0 spiro atoms. The van der Waals surface area contributed by atoms with Gasteiger partial charge in [0.25, 0.3) is 0 Å². The summed E-state index contributed by atoms with van der Waals surface area (Å²) in [6, 6.07) is 5.72. The molecule has 0 aliphatic rings. The van der Waals surface area contributed by atoms with E-state index in [-0.39, 0.29) is 18.2 Å². The maximum Gasteiger partial charge on any atom is 0.239 e. The van der Waals surface area contributed by atoms with Crippen molar-refractivity contribution >= 4 is 21.6 Å². The Kier molecular flexibility index (Phi) is 5.50. The quantitative estimate of drug-likeness (QED) is 0.832. The van der Waals surface area contributed by atoms with Gasteiger partial charge in [-0.2, -0.15) is 0 Å². The Morgan fingerprint density at radius 2 is 1.95 bits per heavy atom. The molecule has 5 nitrogen and oxygen atoms in total. The molecular formula is C13H20N2O3S. The summed E-state index contributed by atoms with van der Waals surface area (Å²) >= 11 is 0. The molecule has 1 amide bonds. The Balaban J connectivity index is 2.59. The standard InChI is InChI=1S/C13H20N2O3S/c1-4-7-19(17,18)14-9-13(16)15-12-8-10(2)5-6-11(12)3/h5-6,8,14H,4,7,9H2,1-3H3,(H,15,16). The summed E-state index contributed by atoms with van der Waals surface area (Å²) in [4.78, 5) is 11.7. The number of benzene rings is 1. The van der Waals surface area contributed by atoms with Gasteiger partial charge in [-0.3, -0.25) is 4.79 Å². The van der Waals surface area contributed by atoms with Gasteiger partial charge in [-0.15, -0.1) is 0 Å². The number of rotatable bonds is 6. The molecule has 0 saturated carbocycles. The molecule has 0 heterocycles. The molecule has 106 valence electrons. The Hall–Kier alpha value is -1.40. The van der Waals surface area contributed by atoms with E-state index in [1.807, 2.05) is 32.0 Å². The number of aryl methyl sites for hydroxylation is 2. The van der Waals surface area contributed by atoms with Crippen LogP contribution in [-0.4, -0.2) is 26.6 Å². The zero-order valence-electron chi connectivity index (χ0n) is 11.5. The van der Waals surface area contributed by atoms with Crippen LogP contribution in [0.25, 0.3) is 0 Å². The van der Waals surface area contributed by atoms with Gasteiger partial charge in [0.2, 0.25) is 15.9 Å². The number of carbonyl (C=O) groups is 1. The first-order valence-electron chi connectivity index (χ1n) is 6.18. The summed E-state index contributed by atoms with van der Waals surface area (Å²) in [5.74, 6) is -0.336. The molecule has 0 aromatic heterocycles. The van der Waals surface area contributed by atoms with E-state index >= 15 is 0 Å². The van der Waals surface area contributed by atoms with Gasteiger partial charge < -0.3 is 5.32 Å². The monoisotopic (exact) mass is 284 g/mol. The first-order valence-corrected chi connectivity index (χ1v) is 7.83. The SMILES string of the molecule is CCCS(=O)(=O)NCC(=O)Nc1cc(C)ccc1C. The molecule has 6 heteroatoms. The van der Waals surface area contributed by atoms with Crippen LogP contribution >= 0.6 is 0 Å². The Labute approximate surface area is 114 Å². The lowest BCUT2D eigenvalue weighted by Crippen LogP contribution is -2.34. The Morgan fingerprint density at radius 3 is 2.58 bits per heavy atom. The van der Waals surface area contributed by atoms with Crippen molar-refractivity contribution in [2.24, 2.45) is 0 Å². The third-order valence-electron chi connectivity index (χ3n) is 2.59. The van der Waals surface area contributed by atoms with Gasteiger partial charge in [-0.25, -0.2) is 13.1 Å². The summed E-state index contributed by atoms with van der Waals surface area (Å²) in [6.07, 6.45) is 0.522. The number of hydrogen-bond acceptors (Lipinski definition) is 3. The first-order chi connectivity index (χ1) is 8.84. The van der Waals surface area contributed by atoms with Crippen LogP contribution in [0.5, 0.6) is 0 Å². The molecule has 0 bridgehead atoms. The first kappa shape index (κ1) is 15.7. The molecule has 0 atom stereocenters. The summed E-state index contributed by atoms with van der Waals surface area (Å²) in [6.45, 7) is 5.35. The third kappa shape index (κ3) is 5.40. The number of anilines is 1. The van der Waals surface area contributed by atoms with Gasteiger partial charge in [0, 0.05) is 5.69 Å². The molecular weight excluding hydrogens is 264 g/mol. The van der Waals surface area contributed by atoms with Crippen molar-refractivity contribution in [1.82, 2.24) is 4.72 Å². The summed E-state index contributed by atoms with van der Waals surface area (Å²) in [7, 11) is -3.35. The molecule has 19 heavy (non-hydrogen) atoms. The van der Waals surface area contributed by atoms with Crippen molar-refractivity contribution in [2.45, 2.75) is 27.2 Å². The highest BCUT2D eigenvalue weighted by molar-refractivity contribution is 7.89. The minimum Gasteiger partial charge on any atom is -0.325 e. The second kappa shape index (κ2) is 6.68. The van der Waals surface area contributed by atoms with Crippen LogP contribution < -0.4 is 10.0 Å². The molecule has 1 rings (SSSR count). The average Bonchev–Trinajstić information content (AvgIpc) is 2.31. The molecule has 0 aliphatic heterocycles. The maximum atomic E-state index is 11.7. The van der Waals surface area contributed by atoms with Gasteiger partial charge in [0.05, 0.1) is 12.3 Å². The highest BCUT2D eigenvalue weighted by Crippen LogP contribution is 2.15. The number of carbonyl (C=O) groups excluding carboxylic acids is 1. The normalized spacial score (nSPS) is 11.3. The summed E-state index contributed by atoms with van der Waals surface area (Å²) in [5, 5.41) is 2.70. The highest BCUT2D eigenvalue weighted by atomic mass is 32.2. The van der Waals surface area contributed by atoms with Crippen LogP contribution in [0, 0.1) is 13.8 Å². The van der Waals surface area contributed by atoms with E-state index < -0.39 is 10.0 Å². The van der Waals surface area contributed by atoms with E-state index in [4.69, 9.17) is 0 Å². The van der Waals surface area contributed by atoms with E-state index in [9.17, 15) is 13.2 Å². The maximum absolute atomic E-state index is 11.7. The second-order valence-corrected chi connectivity index (χ2v) is 6.43. The van der Waals surface area contributed by atoms with E-state index in [0.29, 0.717) is 12.1 Å². The molecule has 2 N–H and O–H groups in total. The summed E-state index contributed by atoms with van der Waals surface area (Å²) in [5.41, 5.74) is 2.68. The number of hydrogen-bond donors (Lipinski definition) is 2. The topological polar surface area (TPSA) is 75.3 Å². The predicted molar refractivity (Wildman–Crippen MR) is 76.6 cm³/mol. The predicted octanol–water partition coefficient (Wildman–Crippen LogP) is 1.57. The fourth-order valence-corrected chi connectivity index (χ4v) is 2.61. The second-order valence-electron chi connectivity index (χ2n) is 4.51. The Morgan fingerprint density at radius 1 is 1.26 bits per heavy atom. The number of amides is 1. The van der Waals surface area contributed by atoms with Crippen LogP contribution in [0.15, 0.2) is 18.2 Å². The fourth-order valence-electron chi connectivity index (χ4n) is 1.58. The van der Waals surface area contributed by atoms with Crippen LogP contribution in [0.4, 0.5) is 5.69 Å². The van der Waals surface area contributed by atoms with Crippen molar-refractivity contribution in [2.75, 3.05) is 17.6 Å². The van der Waals surface area contributed by atoms with E-state index in [1.54, 1.807) is 6.92 Å². The summed E-state index contributed by atoms with van der Waals surface area (Å²) < 4.78 is 25.1. The van der Waals surface area contributed by atoms with E-state index in [1.165, 1.54) is 0 Å². The van der Waals surface area contributed by atoms with Gasteiger partial charge in [-0.1, -0.05) is 19.1 Å². The minimum atomic E-state index is -3.35. The fraction of sp³-hybridized carbons (Fsp3) is 0.462. The van der Waals surface area contributed by atoms with Crippen molar-refractivity contribution in [3.63, 3.8) is 0 Å². The largest absolute Gasteiger partial charge is 0.325 e. The van der Waals surface area contributed by atoms with Crippen molar-refractivity contribution in [3.05, 3.63) is 29.3 Å². The molecule has 0 unspecified atom stereocenters. The van der Waals surface area contributed by atoms with Crippen LogP contribution in [0.2, 0.25) is 0 Å². The smallest absolute Gasteiger partial charge is 0.239 e.